The summed E-state index contributed by atoms with van der Waals surface area (Å²) in [5, 5.41) is 7.66. The third-order valence-electron chi connectivity index (χ3n) is 3.10. The summed E-state index contributed by atoms with van der Waals surface area (Å²) in [7, 11) is 0. The highest BCUT2D eigenvalue weighted by atomic mass is 32.1. The third kappa shape index (κ3) is 5.53. The number of hydrogen-bond acceptors (Lipinski definition) is 3. The van der Waals surface area contributed by atoms with E-state index in [9.17, 15) is 13.2 Å². The normalized spacial score (nSPS) is 16.1. The van der Waals surface area contributed by atoms with Gasteiger partial charge in [-0.2, -0.15) is 13.2 Å². The fraction of sp³-hybridized carbons (Fsp3) is 0.692. The van der Waals surface area contributed by atoms with E-state index in [2.05, 4.69) is 20.6 Å². The predicted octanol–water partition coefficient (Wildman–Crippen LogP) is 3.02. The number of alkyl halides is 3. The van der Waals surface area contributed by atoms with E-state index in [1.54, 1.807) is 0 Å². The van der Waals surface area contributed by atoms with Crippen molar-refractivity contribution in [1.82, 2.24) is 15.6 Å². The Hall–Kier alpha value is -1.31. The number of aromatic nitrogens is 1. The molecule has 2 rings (SSSR count). The average Bonchev–Trinajstić information content (AvgIpc) is 3.10. The molecule has 1 saturated carbocycles. The van der Waals surface area contributed by atoms with Gasteiger partial charge in [0, 0.05) is 18.5 Å². The van der Waals surface area contributed by atoms with Crippen molar-refractivity contribution in [3.05, 3.63) is 16.1 Å². The molecule has 1 aliphatic rings. The van der Waals surface area contributed by atoms with Crippen LogP contribution in [0.3, 0.4) is 0 Å². The van der Waals surface area contributed by atoms with Crippen molar-refractivity contribution in [2.24, 2.45) is 10.9 Å². The van der Waals surface area contributed by atoms with E-state index in [0.717, 1.165) is 35.6 Å². The van der Waals surface area contributed by atoms with Gasteiger partial charge in [-0.25, -0.2) is 9.98 Å². The summed E-state index contributed by atoms with van der Waals surface area (Å²) in [6, 6.07) is 0. The quantitative estimate of drug-likeness (QED) is 0.626. The Morgan fingerprint density at radius 3 is 2.76 bits per heavy atom. The molecule has 0 atom stereocenters. The minimum Gasteiger partial charge on any atom is -0.357 e. The summed E-state index contributed by atoms with van der Waals surface area (Å²) in [6.45, 7) is 3.64. The molecule has 0 aliphatic heterocycles. The van der Waals surface area contributed by atoms with Crippen LogP contribution >= 0.6 is 11.3 Å². The molecule has 118 valence electrons. The van der Waals surface area contributed by atoms with Crippen LogP contribution in [0.25, 0.3) is 0 Å². The van der Waals surface area contributed by atoms with Gasteiger partial charge < -0.3 is 10.6 Å². The standard InChI is InChI=1S/C13H19F3N4S/c1-2-17-12(18-6-5-9-3-4-9)19-7-11-20-10(8-21-11)13(14,15)16/h8-9H,2-7H2,1H3,(H2,17,18,19). The Morgan fingerprint density at radius 1 is 1.43 bits per heavy atom. The second kappa shape index (κ2) is 7.11. The van der Waals surface area contributed by atoms with Gasteiger partial charge in [0.25, 0.3) is 0 Å². The second-order valence-electron chi connectivity index (χ2n) is 4.98. The monoisotopic (exact) mass is 320 g/mol. The molecule has 0 aromatic carbocycles. The van der Waals surface area contributed by atoms with Gasteiger partial charge in [-0.1, -0.05) is 12.8 Å². The van der Waals surface area contributed by atoms with E-state index in [4.69, 9.17) is 0 Å². The molecule has 0 bridgehead atoms. The van der Waals surface area contributed by atoms with Gasteiger partial charge in [0.2, 0.25) is 0 Å². The molecular formula is C13H19F3N4S. The van der Waals surface area contributed by atoms with Crippen molar-refractivity contribution in [2.45, 2.75) is 38.9 Å². The first-order valence-electron chi connectivity index (χ1n) is 7.03. The molecule has 1 fully saturated rings. The Kier molecular flexibility index (Phi) is 5.44. The van der Waals surface area contributed by atoms with Crippen LogP contribution in [0, 0.1) is 5.92 Å². The maximum Gasteiger partial charge on any atom is 0.434 e. The molecule has 0 saturated heterocycles. The van der Waals surface area contributed by atoms with Crippen molar-refractivity contribution in [3.8, 4) is 0 Å². The van der Waals surface area contributed by atoms with Gasteiger partial charge in [-0.05, 0) is 19.3 Å². The Labute approximate surface area is 125 Å². The molecule has 1 aliphatic carbocycles. The molecule has 0 unspecified atom stereocenters. The van der Waals surface area contributed by atoms with Crippen molar-refractivity contribution in [3.63, 3.8) is 0 Å². The number of hydrogen-bond donors (Lipinski definition) is 2. The van der Waals surface area contributed by atoms with E-state index in [1.807, 2.05) is 6.92 Å². The van der Waals surface area contributed by atoms with Crippen LogP contribution < -0.4 is 10.6 Å². The smallest absolute Gasteiger partial charge is 0.357 e. The lowest BCUT2D eigenvalue weighted by molar-refractivity contribution is -0.140. The van der Waals surface area contributed by atoms with Crippen molar-refractivity contribution >= 4 is 17.3 Å². The lowest BCUT2D eigenvalue weighted by atomic mass is 10.3. The van der Waals surface area contributed by atoms with Crippen molar-refractivity contribution in [2.75, 3.05) is 13.1 Å². The summed E-state index contributed by atoms with van der Waals surface area (Å²) >= 11 is 0.981. The van der Waals surface area contributed by atoms with Gasteiger partial charge in [-0.15, -0.1) is 11.3 Å². The van der Waals surface area contributed by atoms with E-state index in [1.165, 1.54) is 12.8 Å². The maximum absolute atomic E-state index is 12.5. The highest BCUT2D eigenvalue weighted by molar-refractivity contribution is 7.09. The third-order valence-corrected chi connectivity index (χ3v) is 3.93. The molecule has 4 nitrogen and oxygen atoms in total. The molecule has 8 heteroatoms. The number of nitrogens with zero attached hydrogens (tertiary/aromatic N) is 2. The van der Waals surface area contributed by atoms with E-state index in [0.29, 0.717) is 17.5 Å². The van der Waals surface area contributed by atoms with E-state index in [-0.39, 0.29) is 6.54 Å². The zero-order valence-electron chi connectivity index (χ0n) is 11.8. The minimum absolute atomic E-state index is 0.152. The first-order chi connectivity index (χ1) is 9.99. The summed E-state index contributed by atoms with van der Waals surface area (Å²) < 4.78 is 37.4. The van der Waals surface area contributed by atoms with Crippen LogP contribution in [0.5, 0.6) is 0 Å². The Bertz CT molecular complexity index is 480. The van der Waals surface area contributed by atoms with Gasteiger partial charge in [0.1, 0.15) is 5.01 Å². The number of halogens is 3. The fourth-order valence-corrected chi connectivity index (χ4v) is 2.53. The average molecular weight is 320 g/mol. The highest BCUT2D eigenvalue weighted by Crippen LogP contribution is 2.31. The van der Waals surface area contributed by atoms with Gasteiger partial charge in [0.05, 0.1) is 6.54 Å². The highest BCUT2D eigenvalue weighted by Gasteiger charge is 2.33. The largest absolute Gasteiger partial charge is 0.434 e. The SMILES string of the molecule is CCNC(=NCc1nc(C(F)(F)F)cs1)NCCC1CC1. The molecule has 1 aromatic rings. The molecule has 21 heavy (non-hydrogen) atoms. The van der Waals surface area contributed by atoms with Crippen molar-refractivity contribution < 1.29 is 13.2 Å². The Balaban J connectivity index is 1.86. The summed E-state index contributed by atoms with van der Waals surface area (Å²) in [6.07, 6.45) is -0.672. The van der Waals surface area contributed by atoms with Crippen LogP contribution in [0.1, 0.15) is 36.9 Å². The van der Waals surface area contributed by atoms with Crippen LogP contribution in [0.2, 0.25) is 0 Å². The molecule has 0 radical (unpaired) electrons. The molecule has 1 heterocycles. The van der Waals surface area contributed by atoms with E-state index >= 15 is 0 Å². The lowest BCUT2D eigenvalue weighted by Crippen LogP contribution is -2.37. The molecule has 0 spiro atoms. The summed E-state index contributed by atoms with van der Waals surface area (Å²) in [4.78, 5) is 7.83. The number of aliphatic imine (C=N–C) groups is 1. The number of rotatable bonds is 6. The summed E-state index contributed by atoms with van der Waals surface area (Å²) in [5.74, 6) is 1.45. The fourth-order valence-electron chi connectivity index (χ4n) is 1.80. The molecule has 0 amide bonds. The van der Waals surface area contributed by atoms with Crippen LogP contribution in [-0.4, -0.2) is 24.0 Å². The van der Waals surface area contributed by atoms with Crippen molar-refractivity contribution in [1.29, 1.82) is 0 Å². The molecule has 1 aromatic heterocycles. The number of thiazole rings is 1. The first kappa shape index (κ1) is 16.1. The Morgan fingerprint density at radius 2 is 2.19 bits per heavy atom. The second-order valence-corrected chi connectivity index (χ2v) is 5.92. The molecule has 2 N–H and O–H groups in total. The van der Waals surface area contributed by atoms with Gasteiger partial charge >= 0.3 is 6.18 Å². The lowest BCUT2D eigenvalue weighted by Gasteiger charge is -2.10. The van der Waals surface area contributed by atoms with Crippen LogP contribution in [0.15, 0.2) is 10.4 Å². The predicted molar refractivity (Wildman–Crippen MR) is 77.3 cm³/mol. The van der Waals surface area contributed by atoms with E-state index < -0.39 is 11.9 Å². The van der Waals surface area contributed by atoms with Crippen LogP contribution in [-0.2, 0) is 12.7 Å². The zero-order valence-corrected chi connectivity index (χ0v) is 12.7. The topological polar surface area (TPSA) is 49.3 Å². The van der Waals surface area contributed by atoms with Crippen LogP contribution in [0.4, 0.5) is 13.2 Å². The minimum atomic E-state index is -4.38. The summed E-state index contributed by atoms with van der Waals surface area (Å²) in [5.41, 5.74) is -0.843. The zero-order chi connectivity index (χ0) is 15.3. The van der Waals surface area contributed by atoms with Gasteiger partial charge in [0.15, 0.2) is 11.7 Å². The number of nitrogens with one attached hydrogen (secondary N) is 2. The molecular weight excluding hydrogens is 301 g/mol. The number of guanidine groups is 1. The van der Waals surface area contributed by atoms with Gasteiger partial charge in [-0.3, -0.25) is 0 Å². The maximum atomic E-state index is 12.5. The first-order valence-corrected chi connectivity index (χ1v) is 7.90.